The molecule has 0 rings (SSSR count). The second-order valence-corrected chi connectivity index (χ2v) is 6.16. The van der Waals surface area contributed by atoms with Gasteiger partial charge in [0.15, 0.2) is 0 Å². The van der Waals surface area contributed by atoms with Crippen molar-refractivity contribution in [3.8, 4) is 0 Å². The maximum absolute atomic E-state index is 8.88. The first-order chi connectivity index (χ1) is 8.00. The van der Waals surface area contributed by atoms with E-state index in [9.17, 15) is 0 Å². The van der Waals surface area contributed by atoms with E-state index >= 15 is 0 Å². The van der Waals surface area contributed by atoms with Crippen molar-refractivity contribution in [1.29, 1.82) is 0 Å². The van der Waals surface area contributed by atoms with Crippen LogP contribution in [-0.2, 0) is 18.3 Å². The summed E-state index contributed by atoms with van der Waals surface area (Å²) in [6, 6.07) is 0. The Morgan fingerprint density at radius 2 is 0.0598 bits per heavy atom. The smallest absolute Gasteiger partial charge is 0.303 e. The molecule has 0 aliphatic rings. The molecule has 0 fully saturated rings. The maximum Gasteiger partial charge on any atom is 2.00 e. The SMILES string of the molecule is O=P(O)(O)O.O=P(O)(O)O.O=P(O)(O)O.O=P(O)(O)O.[Ca+2].[Ca+2].[Ca+2].[Ca+2].[Ca+2].[Ca+2].[Ca+2].[Ca+2].[Ca+2].[Ca+2].[Ca+2].[Ca+2].[Ca+2].[Ca+2].[Ca+2].[Ca+2].[Ca+2].[Ca+2].[Ca+2].[Ca+2].[Ca+2].[Ca+2].[Ca+2].[Ca+2].[Ca+2].[Ca+2].[Ca+2].[Ca+2].[Ca+2].[Ca+2].[Ca+2].[Ca+2].[Ca+2].[Ca+2].[Ca+2].[Ca+2].[Ca+2].[Ca+2].[Ca+2].[Ca+2].[Ca+2].[Ca+2].[Ca+2].[Ca+2].[Ca+2].[Ca+2].[Ca+2].[Ca+2].[Ca+2].[Ca+2].[Ca+2].[Ca+2].[Ca+2].[Ca+2].[Ca+2].[Ca+2].[Ca+2].[Ca+2].[Ca+2].[Ca+2].[Ca+2].[Ca+2].[Ca+2].[Ca+2].[Ca+2].[Ca+2].[Ca+2].[Ca+2].[Ca+2].[Ca+2].[Ca+2].[Ca+2].[Ca+2].[Ca+2].[Ca+2].[Ca+2].[Ca+2].[Ca+2].[Ca+2].[Ca+2].[Ca+2].[Ca+2].[Ca+2].[Ca+2].[Ca+2].[Ca+2].[Ca+2].[Ca+2].[Ca+2].[Ca+2].[Ca+2].[Ca+2].[Ca+2].[Ca+2].[Ca+2].[Ca+2].[Ca+2]. The molecule has 0 amide bonds. The van der Waals surface area contributed by atoms with Crippen LogP contribution in [0, 0.1) is 0 Å². The van der Waals surface area contributed by atoms with Crippen LogP contribution in [0.4, 0.5) is 0 Å². The molecule has 0 atom stereocenters. The zero-order chi connectivity index (χ0) is 18.0. The molecule has 0 aromatic heterocycles. The normalized spacial score (nSPS) is 2.02. The van der Waals surface area contributed by atoms with Gasteiger partial charge in [-0.05, 0) is 0 Å². The third-order valence-electron chi connectivity index (χ3n) is 0. The van der Waals surface area contributed by atoms with Gasteiger partial charge in [0, 0.05) is 0 Å². The van der Waals surface area contributed by atoms with Crippen molar-refractivity contribution in [2.75, 3.05) is 0 Å². The first kappa shape index (κ1) is 710. The van der Waals surface area contributed by atoms with Gasteiger partial charge in [-0.2, -0.15) is 0 Å². The fourth-order valence-corrected chi connectivity index (χ4v) is 0. The third kappa shape index (κ3) is 889. The van der Waals surface area contributed by atoms with Crippen LogP contribution in [0.1, 0.15) is 0 Å². The predicted molar refractivity (Wildman–Crippen MR) is 615 cm³/mol. The molecule has 117 heavy (non-hydrogen) atoms. The van der Waals surface area contributed by atoms with Crippen LogP contribution in [0.15, 0.2) is 0 Å². The Morgan fingerprint density at radius 1 is 0.0598 bits per heavy atom. The molecular formula is H12Ca97O16P4+194. The first-order valence-electron chi connectivity index (χ1n) is 3.13. The van der Waals surface area contributed by atoms with E-state index in [2.05, 4.69) is 0 Å². The molecular weight excluding hydrogens is 4270 g/mol. The number of hydrogen-bond acceptors (Lipinski definition) is 4. The van der Waals surface area contributed by atoms with E-state index in [0.29, 0.717) is 0 Å². The second kappa shape index (κ2) is 627. The molecule has 0 aromatic rings. The van der Waals surface area contributed by atoms with Crippen molar-refractivity contribution in [1.82, 2.24) is 0 Å². The number of phosphoric acid groups is 4. The molecule has 0 aliphatic heterocycles. The van der Waals surface area contributed by atoms with Gasteiger partial charge in [0.2, 0.25) is 0 Å². The summed E-state index contributed by atoms with van der Waals surface area (Å²) in [6.07, 6.45) is 0. The minimum absolute atomic E-state index is 0. The van der Waals surface area contributed by atoms with Crippen LogP contribution < -0.4 is 0 Å². The maximum atomic E-state index is 8.88. The van der Waals surface area contributed by atoms with Gasteiger partial charge in [-0.3, -0.25) is 0 Å². The minimum atomic E-state index is -4.64. The Morgan fingerprint density at radius 3 is 0.0598 bits per heavy atom. The topological polar surface area (TPSA) is 311 Å². The first-order valence-corrected chi connectivity index (χ1v) is 9.39. The summed E-state index contributed by atoms with van der Waals surface area (Å²) in [6.45, 7) is 0. The van der Waals surface area contributed by atoms with Crippen LogP contribution in [0.2, 0.25) is 0 Å². The molecule has 0 radical (unpaired) electrons. The quantitative estimate of drug-likeness (QED) is 0.0792. The molecule has 0 heterocycles. The van der Waals surface area contributed by atoms with Gasteiger partial charge >= 0.3 is 3690 Å². The summed E-state index contributed by atoms with van der Waals surface area (Å²) in [5, 5.41) is 0. The van der Waals surface area contributed by atoms with E-state index in [4.69, 9.17) is 77.0 Å². The average molecular weight is 4280 g/mol. The molecule has 0 saturated heterocycles. The van der Waals surface area contributed by atoms with Gasteiger partial charge in [0.25, 0.3) is 0 Å². The van der Waals surface area contributed by atoms with E-state index in [-0.39, 0.29) is 3660 Å². The summed E-state index contributed by atoms with van der Waals surface area (Å²) in [7, 11) is -18.6. The Bertz CT molecular complexity index is 356. The standard InChI is InChI=1S/97Ca.4H3O4P/c;;;;;;;;;;;;;;;;;;;;;;;;;;;;;;;;;;;;;;;;;;;;;;;;;;;;;;;;;;;;;;;;;;;;;;;;;;;;;;;;;;;;;;;;;;;;;;;;;4*1-5(2,3)4/h;;;;;;;;;;;;;;;;;;;;;;;;;;;;;;;;;;;;;;;;;;;;;;;;;;;;;;;;;;;;;;;;;;;;;;;;;;;;;;;;;;;;;;;;;;;;;;;;;4*(H3,1,2,3,4)/q97*+2;;;;. The van der Waals surface area contributed by atoms with E-state index in [1.807, 2.05) is 0 Å². The Kier molecular flexibility index (Phi) is 3800. The average Bonchev–Trinajstić information content (AvgIpc) is 1.62. The monoisotopic (exact) mass is 4270 g/mol. The molecule has 0 bridgehead atoms. The van der Waals surface area contributed by atoms with Crippen LogP contribution in [0.3, 0.4) is 0 Å². The largest absolute Gasteiger partial charge is 2.00 e. The van der Waals surface area contributed by atoms with Gasteiger partial charge < -0.3 is 58.7 Å². The van der Waals surface area contributed by atoms with Crippen LogP contribution >= 0.6 is 31.3 Å². The zero-order valence-corrected chi connectivity index (χ0v) is 295. The molecule has 16 nitrogen and oxygen atoms in total. The van der Waals surface area contributed by atoms with Crippen LogP contribution in [0.5, 0.6) is 0 Å². The Balaban J connectivity index is -0.000000000231. The van der Waals surface area contributed by atoms with Crippen molar-refractivity contribution in [2.45, 2.75) is 0 Å². The summed E-state index contributed by atoms with van der Waals surface area (Å²) < 4.78 is 35.5. The molecule has 0 spiro atoms. The number of rotatable bonds is 0. The molecule has 128 valence electrons. The van der Waals surface area contributed by atoms with Crippen molar-refractivity contribution < 1.29 is 77.0 Å². The molecule has 0 aliphatic carbocycles. The molecule has 117 heteroatoms. The molecule has 0 aromatic carbocycles. The summed E-state index contributed by atoms with van der Waals surface area (Å²) in [4.78, 5) is 86.2. The van der Waals surface area contributed by atoms with Gasteiger partial charge in [-0.1, -0.05) is 0 Å². The summed E-state index contributed by atoms with van der Waals surface area (Å²) in [5.41, 5.74) is 0. The van der Waals surface area contributed by atoms with Crippen molar-refractivity contribution in [3.63, 3.8) is 0 Å². The fourth-order valence-electron chi connectivity index (χ4n) is 0. The van der Waals surface area contributed by atoms with Crippen molar-refractivity contribution in [3.05, 3.63) is 0 Å². The van der Waals surface area contributed by atoms with Crippen molar-refractivity contribution >= 4 is 3690 Å². The van der Waals surface area contributed by atoms with Crippen molar-refractivity contribution in [2.24, 2.45) is 0 Å². The van der Waals surface area contributed by atoms with Gasteiger partial charge in [-0.25, -0.2) is 18.3 Å². The zero-order valence-electron chi connectivity index (χ0n) is 77.4. The molecule has 12 N–H and O–H groups in total. The number of hydrogen-bond donors (Lipinski definition) is 12. The fraction of sp³-hybridized carbons (Fsp3) is 0. The second-order valence-electron chi connectivity index (χ2n) is 2.05. The van der Waals surface area contributed by atoms with Gasteiger partial charge in [0.1, 0.15) is 0 Å². The van der Waals surface area contributed by atoms with E-state index in [0.717, 1.165) is 0 Å². The molecule has 0 unspecified atom stereocenters. The van der Waals surface area contributed by atoms with Gasteiger partial charge in [-0.15, -0.1) is 0 Å². The summed E-state index contributed by atoms with van der Waals surface area (Å²) in [5.74, 6) is 0. The Hall–Kier alpha value is 123. The van der Waals surface area contributed by atoms with E-state index in [1.54, 1.807) is 0 Å². The minimum Gasteiger partial charge on any atom is -0.303 e. The Labute approximate surface area is 3610 Å². The molecule has 0 saturated carbocycles. The van der Waals surface area contributed by atoms with E-state index in [1.165, 1.54) is 0 Å². The van der Waals surface area contributed by atoms with Gasteiger partial charge in [0.05, 0.1) is 0 Å². The predicted octanol–water partition coefficient (Wildman–Crippen LogP) is -40.7. The van der Waals surface area contributed by atoms with Crippen LogP contribution in [0.25, 0.3) is 0 Å². The van der Waals surface area contributed by atoms with E-state index < -0.39 is 31.3 Å². The van der Waals surface area contributed by atoms with Crippen LogP contribution in [-0.4, -0.2) is 3720 Å². The summed E-state index contributed by atoms with van der Waals surface area (Å²) >= 11 is 0. The third-order valence-corrected chi connectivity index (χ3v) is 0.